The summed E-state index contributed by atoms with van der Waals surface area (Å²) in [7, 11) is -0.814. The molecule has 0 aliphatic carbocycles. The minimum absolute atomic E-state index is 0.0739. The number of methoxy groups -OCH3 is 2. The molecule has 7 nitrogen and oxygen atoms in total. The summed E-state index contributed by atoms with van der Waals surface area (Å²) in [5, 5.41) is 3.23. The van der Waals surface area contributed by atoms with Crippen LogP contribution in [0, 0.1) is 0 Å². The predicted octanol–water partition coefficient (Wildman–Crippen LogP) is 3.05. The van der Waals surface area contributed by atoms with Gasteiger partial charge in [0.2, 0.25) is 0 Å². The third-order valence-corrected chi connectivity index (χ3v) is 5.77. The summed E-state index contributed by atoms with van der Waals surface area (Å²) in [4.78, 5) is 2.21. The van der Waals surface area contributed by atoms with Gasteiger partial charge < -0.3 is 23.9 Å². The molecule has 0 heterocycles. The van der Waals surface area contributed by atoms with Gasteiger partial charge in [-0.25, -0.2) is 0 Å². The van der Waals surface area contributed by atoms with Gasteiger partial charge in [-0.2, -0.15) is 8.42 Å². The Morgan fingerprint density at radius 1 is 1.00 bits per heavy atom. The molecule has 0 unspecified atom stereocenters. The molecule has 2 aromatic carbocycles. The van der Waals surface area contributed by atoms with Gasteiger partial charge in [0.05, 0.1) is 13.7 Å². The normalized spacial score (nSPS) is 11.3. The van der Waals surface area contributed by atoms with E-state index >= 15 is 0 Å². The molecule has 0 fully saturated rings. The summed E-state index contributed by atoms with van der Waals surface area (Å²) in [5.74, 6) is 0.894. The zero-order valence-corrected chi connectivity index (χ0v) is 18.3. The molecular formula is C21H30N2O5S. The summed E-state index contributed by atoms with van der Waals surface area (Å²) in [6.07, 6.45) is 0. The van der Waals surface area contributed by atoms with Crippen LogP contribution in [0.15, 0.2) is 47.4 Å². The van der Waals surface area contributed by atoms with Gasteiger partial charge in [0.1, 0.15) is 16.4 Å². The van der Waals surface area contributed by atoms with Crippen LogP contribution in [0.5, 0.6) is 11.5 Å². The summed E-state index contributed by atoms with van der Waals surface area (Å²) >= 11 is 0. The standard InChI is InChI=1S/C21H30N2O5S/c1-5-23(6-2)18-8-7-17(16-22-13-14-26-3)21(15-18)28-29(24,25)20-11-9-19(27-4)10-12-20/h7-12,15,22H,5-6,13-14,16H2,1-4H3. The highest BCUT2D eigenvalue weighted by Crippen LogP contribution is 2.29. The molecule has 0 aliphatic heterocycles. The summed E-state index contributed by atoms with van der Waals surface area (Å²) in [6.45, 7) is 7.42. The van der Waals surface area contributed by atoms with Crippen molar-refractivity contribution >= 4 is 15.8 Å². The van der Waals surface area contributed by atoms with Crippen LogP contribution >= 0.6 is 0 Å². The Morgan fingerprint density at radius 3 is 2.28 bits per heavy atom. The van der Waals surface area contributed by atoms with E-state index < -0.39 is 10.1 Å². The molecule has 0 bridgehead atoms. The Kier molecular flexibility index (Phi) is 8.75. The van der Waals surface area contributed by atoms with Crippen LogP contribution in [-0.4, -0.2) is 48.9 Å². The molecule has 8 heteroatoms. The van der Waals surface area contributed by atoms with Crippen molar-refractivity contribution in [2.24, 2.45) is 0 Å². The number of benzene rings is 2. The van der Waals surface area contributed by atoms with Gasteiger partial charge in [0.25, 0.3) is 0 Å². The quantitative estimate of drug-likeness (QED) is 0.416. The molecule has 2 aromatic rings. The highest BCUT2D eigenvalue weighted by Gasteiger charge is 2.20. The van der Waals surface area contributed by atoms with Crippen molar-refractivity contribution in [2.45, 2.75) is 25.3 Å². The number of rotatable bonds is 12. The Balaban J connectivity index is 2.33. The van der Waals surface area contributed by atoms with Gasteiger partial charge in [-0.1, -0.05) is 6.07 Å². The molecule has 0 aliphatic rings. The lowest BCUT2D eigenvalue weighted by Crippen LogP contribution is -2.23. The van der Waals surface area contributed by atoms with Crippen molar-refractivity contribution in [3.05, 3.63) is 48.0 Å². The Hall–Kier alpha value is -2.29. The first-order valence-corrected chi connectivity index (χ1v) is 11.0. The van der Waals surface area contributed by atoms with Crippen molar-refractivity contribution in [3.8, 4) is 11.5 Å². The molecule has 0 saturated carbocycles. The molecule has 160 valence electrons. The third-order valence-electron chi connectivity index (χ3n) is 4.53. The van der Waals surface area contributed by atoms with Crippen molar-refractivity contribution < 1.29 is 22.1 Å². The molecule has 29 heavy (non-hydrogen) atoms. The third kappa shape index (κ3) is 6.35. The molecular weight excluding hydrogens is 392 g/mol. The van der Waals surface area contributed by atoms with Crippen LogP contribution in [0.1, 0.15) is 19.4 Å². The minimum atomic E-state index is -3.98. The van der Waals surface area contributed by atoms with Crippen molar-refractivity contribution in [3.63, 3.8) is 0 Å². The maximum absolute atomic E-state index is 12.8. The van der Waals surface area contributed by atoms with E-state index in [2.05, 4.69) is 24.1 Å². The molecule has 0 saturated heterocycles. The number of nitrogens with zero attached hydrogens (tertiary/aromatic N) is 1. The first kappa shape index (κ1) is 23.0. The maximum atomic E-state index is 12.8. The average Bonchev–Trinajstić information content (AvgIpc) is 2.73. The van der Waals surface area contributed by atoms with Crippen LogP contribution in [-0.2, 0) is 21.4 Å². The Bertz CT molecular complexity index is 865. The monoisotopic (exact) mass is 422 g/mol. The molecule has 0 atom stereocenters. The minimum Gasteiger partial charge on any atom is -0.497 e. The van der Waals surface area contributed by atoms with E-state index in [1.807, 2.05) is 12.1 Å². The van der Waals surface area contributed by atoms with Gasteiger partial charge in [-0.3, -0.25) is 0 Å². The lowest BCUT2D eigenvalue weighted by atomic mass is 10.1. The van der Waals surface area contributed by atoms with Crippen LogP contribution in [0.25, 0.3) is 0 Å². The number of ether oxygens (including phenoxy) is 2. The van der Waals surface area contributed by atoms with Crippen LogP contribution < -0.4 is 19.1 Å². The maximum Gasteiger partial charge on any atom is 0.339 e. The lowest BCUT2D eigenvalue weighted by Gasteiger charge is -2.22. The predicted molar refractivity (Wildman–Crippen MR) is 114 cm³/mol. The number of nitrogens with one attached hydrogen (secondary N) is 1. The van der Waals surface area contributed by atoms with E-state index in [1.54, 1.807) is 25.3 Å². The van der Waals surface area contributed by atoms with E-state index in [0.717, 1.165) is 24.3 Å². The zero-order chi connectivity index (χ0) is 21.3. The van der Waals surface area contributed by atoms with Crippen LogP contribution in [0.3, 0.4) is 0 Å². The van der Waals surface area contributed by atoms with Crippen LogP contribution in [0.2, 0.25) is 0 Å². The fraction of sp³-hybridized carbons (Fsp3) is 0.429. The van der Waals surface area contributed by atoms with Gasteiger partial charge >= 0.3 is 10.1 Å². The Labute approximate surface area is 173 Å². The van der Waals surface area contributed by atoms with Gasteiger partial charge in [0.15, 0.2) is 0 Å². The highest BCUT2D eigenvalue weighted by atomic mass is 32.2. The van der Waals surface area contributed by atoms with Gasteiger partial charge in [-0.05, 0) is 44.2 Å². The van der Waals surface area contributed by atoms with E-state index in [4.69, 9.17) is 13.7 Å². The Morgan fingerprint density at radius 2 is 1.69 bits per heavy atom. The molecule has 1 N–H and O–H groups in total. The zero-order valence-electron chi connectivity index (χ0n) is 17.5. The molecule has 0 aromatic heterocycles. The van der Waals surface area contributed by atoms with Crippen molar-refractivity contribution in [1.82, 2.24) is 5.32 Å². The fourth-order valence-corrected chi connectivity index (χ4v) is 3.82. The second-order valence-electron chi connectivity index (χ2n) is 6.35. The summed E-state index contributed by atoms with van der Waals surface area (Å²) in [6, 6.07) is 11.8. The number of hydrogen-bond acceptors (Lipinski definition) is 7. The van der Waals surface area contributed by atoms with E-state index in [-0.39, 0.29) is 4.90 Å². The van der Waals surface area contributed by atoms with Crippen LogP contribution in [0.4, 0.5) is 5.69 Å². The van der Waals surface area contributed by atoms with E-state index in [1.165, 1.54) is 19.2 Å². The average molecular weight is 423 g/mol. The van der Waals surface area contributed by atoms with E-state index in [9.17, 15) is 8.42 Å². The van der Waals surface area contributed by atoms with Crippen molar-refractivity contribution in [1.29, 1.82) is 0 Å². The summed E-state index contributed by atoms with van der Waals surface area (Å²) < 4.78 is 41.4. The fourth-order valence-electron chi connectivity index (χ4n) is 2.86. The number of anilines is 1. The van der Waals surface area contributed by atoms with E-state index in [0.29, 0.717) is 31.2 Å². The van der Waals surface area contributed by atoms with Gasteiger partial charge in [0, 0.05) is 50.6 Å². The molecule has 0 amide bonds. The largest absolute Gasteiger partial charge is 0.497 e. The van der Waals surface area contributed by atoms with Gasteiger partial charge in [-0.15, -0.1) is 0 Å². The molecule has 0 radical (unpaired) electrons. The first-order valence-electron chi connectivity index (χ1n) is 9.61. The number of hydrogen-bond donors (Lipinski definition) is 1. The topological polar surface area (TPSA) is 77.1 Å². The highest BCUT2D eigenvalue weighted by molar-refractivity contribution is 7.87. The molecule has 0 spiro atoms. The first-order chi connectivity index (χ1) is 13.9. The SMILES string of the molecule is CCN(CC)c1ccc(CNCCOC)c(OS(=O)(=O)c2ccc(OC)cc2)c1. The lowest BCUT2D eigenvalue weighted by molar-refractivity contribution is 0.199. The second-order valence-corrected chi connectivity index (χ2v) is 7.89. The summed E-state index contributed by atoms with van der Waals surface area (Å²) in [5.41, 5.74) is 1.67. The van der Waals surface area contributed by atoms with Crippen molar-refractivity contribution in [2.75, 3.05) is 45.4 Å². The molecule has 2 rings (SSSR count). The second kappa shape index (κ2) is 11.0. The smallest absolute Gasteiger partial charge is 0.339 e.